The lowest BCUT2D eigenvalue weighted by atomic mass is 9.78. The first-order chi connectivity index (χ1) is 12.2. The van der Waals surface area contributed by atoms with Crippen molar-refractivity contribution in [3.05, 3.63) is 11.8 Å². The standard InChI is InChI=1S/C19H32N6.2ClH/c20-16-10-15(11-16)17-12-18(23-19(21)22-17)25-8-4-14(5-9-25)13-24-6-2-1-3-7-24;;/h12,14-16H,1-11,13,20H2,(H2,21,22,23);2*1H. The van der Waals surface area contributed by atoms with E-state index in [9.17, 15) is 0 Å². The van der Waals surface area contributed by atoms with Crippen molar-refractivity contribution < 1.29 is 0 Å². The first kappa shape index (κ1) is 22.5. The maximum absolute atomic E-state index is 5.98. The Morgan fingerprint density at radius 2 is 1.63 bits per heavy atom. The summed E-state index contributed by atoms with van der Waals surface area (Å²) in [5, 5.41) is 0. The van der Waals surface area contributed by atoms with Crippen LogP contribution in [0.15, 0.2) is 6.07 Å². The lowest BCUT2D eigenvalue weighted by Crippen LogP contribution is -2.41. The summed E-state index contributed by atoms with van der Waals surface area (Å²) in [4.78, 5) is 14.0. The van der Waals surface area contributed by atoms with Crippen LogP contribution in [0.1, 0.15) is 56.6 Å². The number of rotatable bonds is 4. The van der Waals surface area contributed by atoms with Gasteiger partial charge in [-0.15, -0.1) is 24.8 Å². The largest absolute Gasteiger partial charge is 0.368 e. The third kappa shape index (κ3) is 5.59. The normalized spacial score (nSPS) is 26.6. The topological polar surface area (TPSA) is 84.3 Å². The molecule has 4 N–H and O–H groups in total. The Bertz CT molecular complexity index is 582. The van der Waals surface area contributed by atoms with Crippen LogP contribution in [0.5, 0.6) is 0 Å². The molecule has 0 bridgehead atoms. The van der Waals surface area contributed by atoms with E-state index in [0.717, 1.165) is 43.4 Å². The number of nitrogens with two attached hydrogens (primary N) is 2. The van der Waals surface area contributed by atoms with E-state index in [4.69, 9.17) is 11.5 Å². The Labute approximate surface area is 175 Å². The number of likely N-dealkylation sites (tertiary alicyclic amines) is 1. The molecule has 6 nitrogen and oxygen atoms in total. The molecular weight excluding hydrogens is 383 g/mol. The van der Waals surface area contributed by atoms with Gasteiger partial charge in [-0.25, -0.2) is 4.98 Å². The van der Waals surface area contributed by atoms with Crippen LogP contribution in [0.25, 0.3) is 0 Å². The van der Waals surface area contributed by atoms with Crippen LogP contribution in [0.2, 0.25) is 0 Å². The van der Waals surface area contributed by atoms with Gasteiger partial charge in [-0.2, -0.15) is 4.98 Å². The molecule has 0 unspecified atom stereocenters. The second-order valence-electron chi connectivity index (χ2n) is 8.23. The Morgan fingerprint density at radius 3 is 2.26 bits per heavy atom. The molecule has 0 radical (unpaired) electrons. The third-order valence-corrected chi connectivity index (χ3v) is 6.25. The Kier molecular flexibility index (Phi) is 8.40. The molecule has 0 atom stereocenters. The van der Waals surface area contributed by atoms with Crippen molar-refractivity contribution >= 4 is 36.6 Å². The molecule has 1 saturated carbocycles. The molecule has 3 heterocycles. The van der Waals surface area contributed by atoms with Gasteiger partial charge >= 0.3 is 0 Å². The van der Waals surface area contributed by atoms with E-state index in [0.29, 0.717) is 17.9 Å². The minimum Gasteiger partial charge on any atom is -0.368 e. The van der Waals surface area contributed by atoms with Crippen LogP contribution in [-0.2, 0) is 0 Å². The number of anilines is 2. The second kappa shape index (κ2) is 10.1. The summed E-state index contributed by atoms with van der Waals surface area (Å²) in [6, 6.07) is 2.48. The molecule has 154 valence electrons. The van der Waals surface area contributed by atoms with Crippen molar-refractivity contribution in [2.24, 2.45) is 11.7 Å². The summed E-state index contributed by atoms with van der Waals surface area (Å²) >= 11 is 0. The number of piperidine rings is 2. The van der Waals surface area contributed by atoms with Crippen LogP contribution < -0.4 is 16.4 Å². The summed E-state index contributed by atoms with van der Waals surface area (Å²) in [6.45, 7) is 6.05. The molecule has 1 aromatic rings. The monoisotopic (exact) mass is 416 g/mol. The molecule has 3 fully saturated rings. The van der Waals surface area contributed by atoms with Gasteiger partial charge in [-0.05, 0) is 57.5 Å². The molecule has 3 aliphatic rings. The zero-order valence-corrected chi connectivity index (χ0v) is 17.7. The number of hydrogen-bond donors (Lipinski definition) is 2. The summed E-state index contributed by atoms with van der Waals surface area (Å²) in [7, 11) is 0. The van der Waals surface area contributed by atoms with E-state index in [1.165, 1.54) is 51.7 Å². The van der Waals surface area contributed by atoms with Gasteiger partial charge in [-0.3, -0.25) is 0 Å². The lowest BCUT2D eigenvalue weighted by Gasteiger charge is -2.37. The fourth-order valence-corrected chi connectivity index (χ4v) is 4.60. The first-order valence-corrected chi connectivity index (χ1v) is 10.0. The molecule has 1 aromatic heterocycles. The summed E-state index contributed by atoms with van der Waals surface area (Å²) in [6.07, 6.45) is 8.73. The minimum atomic E-state index is 0. The van der Waals surface area contributed by atoms with Crippen molar-refractivity contribution in [3.8, 4) is 0 Å². The molecule has 0 aromatic carbocycles. The summed E-state index contributed by atoms with van der Waals surface area (Å²) in [5.41, 5.74) is 13.0. The van der Waals surface area contributed by atoms with E-state index >= 15 is 0 Å². The van der Waals surface area contributed by atoms with Crippen molar-refractivity contribution in [1.29, 1.82) is 0 Å². The third-order valence-electron chi connectivity index (χ3n) is 6.25. The first-order valence-electron chi connectivity index (χ1n) is 10.0. The van der Waals surface area contributed by atoms with Crippen LogP contribution in [0, 0.1) is 5.92 Å². The van der Waals surface area contributed by atoms with E-state index < -0.39 is 0 Å². The zero-order chi connectivity index (χ0) is 17.2. The Hall–Kier alpha value is -0.820. The number of nitrogens with zero attached hydrogens (tertiary/aromatic N) is 4. The molecule has 0 spiro atoms. The smallest absolute Gasteiger partial charge is 0.222 e. The highest BCUT2D eigenvalue weighted by molar-refractivity contribution is 5.85. The van der Waals surface area contributed by atoms with Gasteiger partial charge in [0.05, 0.1) is 5.69 Å². The zero-order valence-electron chi connectivity index (χ0n) is 16.1. The molecule has 0 amide bonds. The SMILES string of the molecule is Cl.Cl.Nc1nc(C2CC(N)C2)cc(N2CCC(CN3CCCCC3)CC2)n1. The highest BCUT2D eigenvalue weighted by atomic mass is 35.5. The van der Waals surface area contributed by atoms with Gasteiger partial charge in [0, 0.05) is 37.7 Å². The predicted octanol–water partition coefficient (Wildman–Crippen LogP) is 2.81. The fourth-order valence-electron chi connectivity index (χ4n) is 4.60. The van der Waals surface area contributed by atoms with Crippen molar-refractivity contribution in [2.75, 3.05) is 43.4 Å². The number of hydrogen-bond acceptors (Lipinski definition) is 6. The van der Waals surface area contributed by atoms with Crippen LogP contribution in [0.4, 0.5) is 11.8 Å². The quantitative estimate of drug-likeness (QED) is 0.784. The molecule has 1 aliphatic carbocycles. The number of halogens is 2. The molecule has 2 aliphatic heterocycles. The van der Waals surface area contributed by atoms with Crippen molar-refractivity contribution in [3.63, 3.8) is 0 Å². The van der Waals surface area contributed by atoms with Gasteiger partial charge in [0.1, 0.15) is 5.82 Å². The van der Waals surface area contributed by atoms with E-state index in [-0.39, 0.29) is 24.8 Å². The maximum atomic E-state index is 5.98. The van der Waals surface area contributed by atoms with Crippen LogP contribution >= 0.6 is 24.8 Å². The van der Waals surface area contributed by atoms with Crippen LogP contribution in [-0.4, -0.2) is 53.6 Å². The minimum absolute atomic E-state index is 0. The molecule has 27 heavy (non-hydrogen) atoms. The molecule has 2 saturated heterocycles. The molecular formula is C19H34Cl2N6. The van der Waals surface area contributed by atoms with Gasteiger partial charge in [0.2, 0.25) is 5.95 Å². The lowest BCUT2D eigenvalue weighted by molar-refractivity contribution is 0.181. The highest BCUT2D eigenvalue weighted by Gasteiger charge is 2.30. The fraction of sp³-hybridized carbons (Fsp3) is 0.789. The van der Waals surface area contributed by atoms with Gasteiger partial charge < -0.3 is 21.3 Å². The number of nitrogen functional groups attached to an aromatic ring is 1. The van der Waals surface area contributed by atoms with Crippen molar-refractivity contribution in [1.82, 2.24) is 14.9 Å². The number of aromatic nitrogens is 2. The molecule has 4 rings (SSSR count). The van der Waals surface area contributed by atoms with Crippen molar-refractivity contribution in [2.45, 2.75) is 56.9 Å². The van der Waals surface area contributed by atoms with Gasteiger partial charge in [0.15, 0.2) is 0 Å². The van der Waals surface area contributed by atoms with E-state index in [1.807, 2.05) is 0 Å². The highest BCUT2D eigenvalue weighted by Crippen LogP contribution is 2.36. The van der Waals surface area contributed by atoms with Gasteiger partial charge in [-0.1, -0.05) is 6.42 Å². The van der Waals surface area contributed by atoms with E-state index in [2.05, 4.69) is 25.8 Å². The van der Waals surface area contributed by atoms with E-state index in [1.54, 1.807) is 0 Å². The second-order valence-corrected chi connectivity index (χ2v) is 8.23. The maximum Gasteiger partial charge on any atom is 0.222 e. The summed E-state index contributed by atoms with van der Waals surface area (Å²) < 4.78 is 0. The van der Waals surface area contributed by atoms with Gasteiger partial charge in [0.25, 0.3) is 0 Å². The predicted molar refractivity (Wildman–Crippen MR) is 116 cm³/mol. The Morgan fingerprint density at radius 1 is 0.963 bits per heavy atom. The van der Waals surface area contributed by atoms with Crippen LogP contribution in [0.3, 0.4) is 0 Å². The summed E-state index contributed by atoms with van der Waals surface area (Å²) in [5.74, 6) is 2.72. The Balaban J connectivity index is 0.00000131. The average Bonchev–Trinajstić information content (AvgIpc) is 2.60. The molecule has 8 heteroatoms. The average molecular weight is 417 g/mol.